The van der Waals surface area contributed by atoms with Gasteiger partial charge in [-0.15, -0.1) is 0 Å². The molecule has 1 aliphatic carbocycles. The average molecular weight is 289 g/mol. The van der Waals surface area contributed by atoms with Crippen LogP contribution in [0.2, 0.25) is 0 Å². The lowest BCUT2D eigenvalue weighted by molar-refractivity contribution is 0.0942. The van der Waals surface area contributed by atoms with Gasteiger partial charge in [-0.1, -0.05) is 19.4 Å². The van der Waals surface area contributed by atoms with Crippen molar-refractivity contribution >= 4 is 5.91 Å². The summed E-state index contributed by atoms with van der Waals surface area (Å²) < 4.78 is 0. The van der Waals surface area contributed by atoms with Crippen LogP contribution in [0.1, 0.15) is 60.5 Å². The second kappa shape index (κ2) is 8.18. The van der Waals surface area contributed by atoms with Crippen LogP contribution >= 0.6 is 0 Å². The Bertz CT molecular complexity index is 464. The number of carbonyl (C=O) groups excluding carboxylic acids is 1. The number of fused-ring (bicyclic) bond motifs is 1. The van der Waals surface area contributed by atoms with Gasteiger partial charge in [0.2, 0.25) is 0 Å². The molecule has 0 aromatic heterocycles. The number of aliphatic hydroxyl groups is 1. The molecule has 2 rings (SSSR count). The van der Waals surface area contributed by atoms with Crippen LogP contribution < -0.4 is 5.32 Å². The first-order chi connectivity index (χ1) is 10.2. The van der Waals surface area contributed by atoms with Gasteiger partial charge >= 0.3 is 0 Å². The quantitative estimate of drug-likeness (QED) is 0.810. The molecule has 1 atom stereocenters. The van der Waals surface area contributed by atoms with Crippen molar-refractivity contribution in [2.24, 2.45) is 5.92 Å². The van der Waals surface area contributed by atoms with Crippen molar-refractivity contribution in [3.63, 3.8) is 0 Å². The maximum Gasteiger partial charge on any atom is 0.251 e. The van der Waals surface area contributed by atoms with Gasteiger partial charge in [0, 0.05) is 18.7 Å². The summed E-state index contributed by atoms with van der Waals surface area (Å²) in [6.07, 6.45) is 7.62. The number of amides is 1. The summed E-state index contributed by atoms with van der Waals surface area (Å²) in [6.45, 7) is 2.99. The van der Waals surface area contributed by atoms with Gasteiger partial charge in [-0.2, -0.15) is 0 Å². The highest BCUT2D eigenvalue weighted by atomic mass is 16.3. The molecule has 1 aliphatic rings. The Morgan fingerprint density at radius 2 is 2.00 bits per heavy atom. The highest BCUT2D eigenvalue weighted by Crippen LogP contribution is 2.22. The summed E-state index contributed by atoms with van der Waals surface area (Å²) in [6, 6.07) is 6.12. The van der Waals surface area contributed by atoms with Gasteiger partial charge in [0.25, 0.3) is 5.91 Å². The molecular weight excluding hydrogens is 262 g/mol. The molecule has 1 unspecified atom stereocenters. The van der Waals surface area contributed by atoms with Crippen LogP contribution in [0.5, 0.6) is 0 Å². The molecule has 21 heavy (non-hydrogen) atoms. The fourth-order valence-corrected chi connectivity index (χ4v) is 3.15. The molecule has 0 fully saturated rings. The molecule has 0 spiro atoms. The summed E-state index contributed by atoms with van der Waals surface area (Å²) in [5.74, 6) is 0.393. The topological polar surface area (TPSA) is 49.3 Å². The minimum atomic E-state index is 0.0161. The van der Waals surface area contributed by atoms with E-state index < -0.39 is 0 Å². The SMILES string of the molecule is CCCC(CCO)CNC(=O)c1ccc2c(c1)CCCC2. The van der Waals surface area contributed by atoms with Gasteiger partial charge in [-0.05, 0) is 67.7 Å². The number of hydrogen-bond acceptors (Lipinski definition) is 2. The molecule has 0 saturated heterocycles. The molecule has 0 saturated carbocycles. The Hall–Kier alpha value is -1.35. The van der Waals surface area contributed by atoms with Gasteiger partial charge in [-0.25, -0.2) is 0 Å². The largest absolute Gasteiger partial charge is 0.396 e. The van der Waals surface area contributed by atoms with Crippen molar-refractivity contribution in [2.75, 3.05) is 13.2 Å². The van der Waals surface area contributed by atoms with Gasteiger partial charge < -0.3 is 10.4 Å². The van der Waals surface area contributed by atoms with Crippen molar-refractivity contribution in [1.29, 1.82) is 0 Å². The van der Waals surface area contributed by atoms with Crippen LogP contribution in [0, 0.1) is 5.92 Å². The van der Waals surface area contributed by atoms with E-state index in [4.69, 9.17) is 5.11 Å². The zero-order chi connectivity index (χ0) is 15.1. The fourth-order valence-electron chi connectivity index (χ4n) is 3.15. The second-order valence-electron chi connectivity index (χ2n) is 6.07. The summed E-state index contributed by atoms with van der Waals surface area (Å²) in [7, 11) is 0. The molecule has 2 N–H and O–H groups in total. The zero-order valence-electron chi connectivity index (χ0n) is 13.0. The van der Waals surface area contributed by atoms with E-state index in [-0.39, 0.29) is 12.5 Å². The van der Waals surface area contributed by atoms with Crippen molar-refractivity contribution < 1.29 is 9.90 Å². The first kappa shape index (κ1) is 16.0. The number of aliphatic hydroxyl groups excluding tert-OH is 1. The van der Waals surface area contributed by atoms with Crippen LogP contribution in [0.4, 0.5) is 0 Å². The van der Waals surface area contributed by atoms with E-state index in [1.165, 1.54) is 24.0 Å². The Balaban J connectivity index is 1.93. The van der Waals surface area contributed by atoms with Crippen LogP contribution in [0.15, 0.2) is 18.2 Å². The summed E-state index contributed by atoms with van der Waals surface area (Å²) in [4.78, 5) is 12.3. The second-order valence-corrected chi connectivity index (χ2v) is 6.07. The normalized spacial score (nSPS) is 15.3. The Morgan fingerprint density at radius 3 is 2.71 bits per heavy atom. The lowest BCUT2D eigenvalue weighted by atomic mass is 9.90. The average Bonchev–Trinajstić information content (AvgIpc) is 2.52. The fraction of sp³-hybridized carbons (Fsp3) is 0.611. The van der Waals surface area contributed by atoms with Crippen LogP contribution in [0.3, 0.4) is 0 Å². The highest BCUT2D eigenvalue weighted by Gasteiger charge is 2.14. The molecule has 1 aromatic rings. The summed E-state index contributed by atoms with van der Waals surface area (Å²) in [5.41, 5.74) is 3.52. The number of carbonyl (C=O) groups is 1. The minimum Gasteiger partial charge on any atom is -0.396 e. The molecule has 0 aliphatic heterocycles. The van der Waals surface area contributed by atoms with E-state index in [9.17, 15) is 4.79 Å². The van der Waals surface area contributed by atoms with E-state index in [2.05, 4.69) is 24.4 Å². The van der Waals surface area contributed by atoms with Crippen molar-refractivity contribution in [1.82, 2.24) is 5.32 Å². The molecule has 1 amide bonds. The van der Waals surface area contributed by atoms with E-state index in [1.54, 1.807) is 0 Å². The molecule has 0 bridgehead atoms. The third-order valence-electron chi connectivity index (χ3n) is 4.40. The third-order valence-corrected chi connectivity index (χ3v) is 4.40. The predicted octanol–water partition coefficient (Wildman–Crippen LogP) is 3.09. The molecule has 0 heterocycles. The standard InChI is InChI=1S/C18H27NO2/c1-2-5-14(10-11-20)13-19-18(21)17-9-8-15-6-3-4-7-16(15)12-17/h8-9,12,14,20H,2-7,10-11,13H2,1H3,(H,19,21). The van der Waals surface area contributed by atoms with Gasteiger partial charge in [0.1, 0.15) is 0 Å². The lowest BCUT2D eigenvalue weighted by Crippen LogP contribution is -2.30. The highest BCUT2D eigenvalue weighted by molar-refractivity contribution is 5.94. The Kier molecular flexibility index (Phi) is 6.24. The molecule has 3 heteroatoms. The van der Waals surface area contributed by atoms with Gasteiger partial charge in [0.05, 0.1) is 0 Å². The molecule has 3 nitrogen and oxygen atoms in total. The van der Waals surface area contributed by atoms with E-state index >= 15 is 0 Å². The summed E-state index contributed by atoms with van der Waals surface area (Å²) in [5, 5.41) is 12.1. The minimum absolute atomic E-state index is 0.0161. The Labute approximate surface area is 127 Å². The van der Waals surface area contributed by atoms with Gasteiger partial charge in [-0.3, -0.25) is 4.79 Å². The molecule has 0 radical (unpaired) electrons. The van der Waals surface area contributed by atoms with E-state index in [0.717, 1.165) is 37.7 Å². The molecular formula is C18H27NO2. The third kappa shape index (κ3) is 4.57. The van der Waals surface area contributed by atoms with E-state index in [1.807, 2.05) is 6.07 Å². The van der Waals surface area contributed by atoms with Crippen LogP contribution in [0.25, 0.3) is 0 Å². The zero-order valence-corrected chi connectivity index (χ0v) is 13.0. The smallest absolute Gasteiger partial charge is 0.251 e. The number of benzene rings is 1. The first-order valence-corrected chi connectivity index (χ1v) is 8.25. The van der Waals surface area contributed by atoms with E-state index in [0.29, 0.717) is 12.5 Å². The van der Waals surface area contributed by atoms with Crippen LogP contribution in [-0.2, 0) is 12.8 Å². The molecule has 1 aromatic carbocycles. The van der Waals surface area contributed by atoms with Crippen molar-refractivity contribution in [2.45, 2.75) is 51.9 Å². The lowest BCUT2D eigenvalue weighted by Gasteiger charge is -2.18. The molecule has 116 valence electrons. The van der Waals surface area contributed by atoms with Crippen LogP contribution in [-0.4, -0.2) is 24.2 Å². The number of rotatable bonds is 7. The number of nitrogens with one attached hydrogen (secondary N) is 1. The maximum absolute atomic E-state index is 12.3. The first-order valence-electron chi connectivity index (χ1n) is 8.25. The van der Waals surface area contributed by atoms with Crippen molar-refractivity contribution in [3.8, 4) is 0 Å². The monoisotopic (exact) mass is 289 g/mol. The Morgan fingerprint density at radius 1 is 1.24 bits per heavy atom. The number of hydrogen-bond donors (Lipinski definition) is 2. The van der Waals surface area contributed by atoms with Gasteiger partial charge in [0.15, 0.2) is 0 Å². The predicted molar refractivity (Wildman–Crippen MR) is 85.5 cm³/mol. The summed E-state index contributed by atoms with van der Waals surface area (Å²) >= 11 is 0. The number of aryl methyl sites for hydroxylation is 2. The van der Waals surface area contributed by atoms with Crippen molar-refractivity contribution in [3.05, 3.63) is 34.9 Å². The maximum atomic E-state index is 12.3.